The van der Waals surface area contributed by atoms with Gasteiger partial charge in [-0.25, -0.2) is 0 Å². The molecule has 0 heteroatoms. The molecule has 0 atom stereocenters. The number of rotatable bonds is 3. The first-order valence-electron chi connectivity index (χ1n) is 12.3. The Balaban J connectivity index is 1.37. The Hall–Kier alpha value is -2.08. The third kappa shape index (κ3) is 3.03. The van der Waals surface area contributed by atoms with E-state index in [9.17, 15) is 0 Å². The van der Waals surface area contributed by atoms with Crippen LogP contribution in [0.1, 0.15) is 95.2 Å². The van der Waals surface area contributed by atoms with Gasteiger partial charge in [0.15, 0.2) is 0 Å². The number of hydrogen-bond donors (Lipinski definition) is 0. The molecule has 4 aliphatic rings. The molecular weight excluding hydrogens is 360 g/mol. The maximum absolute atomic E-state index is 2.60. The van der Waals surface area contributed by atoms with Gasteiger partial charge in [0.1, 0.15) is 0 Å². The Morgan fingerprint density at radius 1 is 0.567 bits per heavy atom. The molecule has 2 aromatic carbocycles. The fraction of sp³-hybridized carbons (Fsp3) is 0.467. The van der Waals surface area contributed by atoms with E-state index < -0.39 is 0 Å². The lowest BCUT2D eigenvalue weighted by Gasteiger charge is -2.23. The van der Waals surface area contributed by atoms with Crippen LogP contribution in [-0.4, -0.2) is 0 Å². The van der Waals surface area contributed by atoms with Crippen LogP contribution in [0.3, 0.4) is 0 Å². The molecule has 6 rings (SSSR count). The van der Waals surface area contributed by atoms with Crippen LogP contribution >= 0.6 is 0 Å². The van der Waals surface area contributed by atoms with Gasteiger partial charge in [0, 0.05) is 0 Å². The highest BCUT2D eigenvalue weighted by Crippen LogP contribution is 2.39. The second-order valence-electron chi connectivity index (χ2n) is 10.4. The molecule has 0 fully saturated rings. The molecule has 0 aromatic heterocycles. The molecule has 0 heterocycles. The van der Waals surface area contributed by atoms with Crippen molar-refractivity contribution < 1.29 is 0 Å². The Bertz CT molecular complexity index is 1020. The van der Waals surface area contributed by atoms with Crippen LogP contribution in [-0.2, 0) is 51.4 Å². The topological polar surface area (TPSA) is 0 Å². The van der Waals surface area contributed by atoms with Crippen molar-refractivity contribution >= 4 is 12.2 Å². The number of hydrogen-bond acceptors (Lipinski definition) is 0. The summed E-state index contributed by atoms with van der Waals surface area (Å²) in [5.41, 5.74) is 19.7. The van der Waals surface area contributed by atoms with Gasteiger partial charge in [-0.1, -0.05) is 35.4 Å². The van der Waals surface area contributed by atoms with Crippen LogP contribution in [0.15, 0.2) is 23.3 Å². The fourth-order valence-electron chi connectivity index (χ4n) is 6.75. The van der Waals surface area contributed by atoms with Crippen LogP contribution in [0.2, 0.25) is 0 Å². The number of aryl methyl sites for hydroxylation is 4. The molecule has 0 N–H and O–H groups in total. The summed E-state index contributed by atoms with van der Waals surface area (Å²) >= 11 is 0. The summed E-state index contributed by atoms with van der Waals surface area (Å²) in [5.74, 6) is 0. The number of allylic oxidation sites excluding steroid dienone is 2. The van der Waals surface area contributed by atoms with Gasteiger partial charge in [0.2, 0.25) is 0 Å². The SMILES string of the molecule is CC1=Cc2c(CCc3cc4c(c5c3C=C(C)C5)CCCC4)cc3c(c2C1)CCCC3. The molecule has 30 heavy (non-hydrogen) atoms. The van der Waals surface area contributed by atoms with Gasteiger partial charge in [0.05, 0.1) is 0 Å². The van der Waals surface area contributed by atoms with Crippen molar-refractivity contribution in [1.29, 1.82) is 0 Å². The normalized spacial score (nSPS) is 19.0. The van der Waals surface area contributed by atoms with Gasteiger partial charge in [0.25, 0.3) is 0 Å². The van der Waals surface area contributed by atoms with E-state index in [0.717, 1.165) is 0 Å². The van der Waals surface area contributed by atoms with Crippen LogP contribution in [0.5, 0.6) is 0 Å². The van der Waals surface area contributed by atoms with Gasteiger partial charge < -0.3 is 0 Å². The predicted molar refractivity (Wildman–Crippen MR) is 128 cm³/mol. The van der Waals surface area contributed by atoms with E-state index >= 15 is 0 Å². The summed E-state index contributed by atoms with van der Waals surface area (Å²) in [6, 6.07) is 5.20. The predicted octanol–water partition coefficient (Wildman–Crippen LogP) is 7.15. The Labute approximate surface area is 182 Å². The van der Waals surface area contributed by atoms with Crippen LogP contribution in [0.4, 0.5) is 0 Å². The molecule has 0 nitrogen and oxygen atoms in total. The van der Waals surface area contributed by atoms with Crippen LogP contribution in [0, 0.1) is 0 Å². The first kappa shape index (κ1) is 18.7. The minimum Gasteiger partial charge on any atom is -0.0683 e. The summed E-state index contributed by atoms with van der Waals surface area (Å²) in [4.78, 5) is 0. The van der Waals surface area contributed by atoms with Gasteiger partial charge in [-0.05, 0) is 147 Å². The third-order valence-electron chi connectivity index (χ3n) is 8.15. The molecule has 0 saturated heterocycles. The molecular formula is C30H34. The van der Waals surface area contributed by atoms with Crippen molar-refractivity contribution in [3.63, 3.8) is 0 Å². The Morgan fingerprint density at radius 3 is 1.47 bits per heavy atom. The van der Waals surface area contributed by atoms with Gasteiger partial charge in [-0.3, -0.25) is 0 Å². The van der Waals surface area contributed by atoms with E-state index in [2.05, 4.69) is 38.1 Å². The average molecular weight is 395 g/mol. The molecule has 4 aliphatic carbocycles. The molecule has 2 aromatic rings. The summed E-state index contributed by atoms with van der Waals surface area (Å²) in [7, 11) is 0. The number of fused-ring (bicyclic) bond motifs is 6. The number of benzene rings is 2. The van der Waals surface area contributed by atoms with Crippen molar-refractivity contribution in [2.75, 3.05) is 0 Å². The van der Waals surface area contributed by atoms with E-state index in [-0.39, 0.29) is 0 Å². The summed E-state index contributed by atoms with van der Waals surface area (Å²) < 4.78 is 0. The molecule has 0 unspecified atom stereocenters. The third-order valence-corrected chi connectivity index (χ3v) is 8.15. The van der Waals surface area contributed by atoms with Crippen molar-refractivity contribution in [2.24, 2.45) is 0 Å². The maximum Gasteiger partial charge on any atom is -0.00577 e. The molecule has 0 aliphatic heterocycles. The lowest BCUT2D eigenvalue weighted by atomic mass is 9.81. The minimum atomic E-state index is 1.19. The van der Waals surface area contributed by atoms with Crippen molar-refractivity contribution in [1.82, 2.24) is 0 Å². The fourth-order valence-corrected chi connectivity index (χ4v) is 6.75. The quantitative estimate of drug-likeness (QED) is 0.518. The Kier molecular flexibility index (Phi) is 4.52. The standard InChI is InChI=1S/C30H34/c1-19-13-27-23(17-21-7-3-5-9-25(21)29(27)15-19)11-12-24-18-22-8-4-6-10-26(22)30-16-20(2)14-28(24)30/h13-14,17-18H,3-12,15-16H2,1-2H3. The summed E-state index contributed by atoms with van der Waals surface area (Å²) in [6.07, 6.45) is 20.5. The highest BCUT2D eigenvalue weighted by atomic mass is 14.3. The van der Waals surface area contributed by atoms with E-state index in [1.54, 1.807) is 66.8 Å². The molecule has 0 saturated carbocycles. The maximum atomic E-state index is 2.60. The zero-order valence-electron chi connectivity index (χ0n) is 18.8. The molecule has 0 bridgehead atoms. The highest BCUT2D eigenvalue weighted by molar-refractivity contribution is 5.71. The van der Waals surface area contributed by atoms with Gasteiger partial charge in [-0.15, -0.1) is 0 Å². The van der Waals surface area contributed by atoms with E-state index in [0.29, 0.717) is 0 Å². The largest absolute Gasteiger partial charge is 0.0683 e. The van der Waals surface area contributed by atoms with Crippen molar-refractivity contribution in [2.45, 2.75) is 90.9 Å². The molecule has 0 spiro atoms. The van der Waals surface area contributed by atoms with Crippen LogP contribution in [0.25, 0.3) is 12.2 Å². The first-order valence-corrected chi connectivity index (χ1v) is 12.3. The average Bonchev–Trinajstić information content (AvgIpc) is 3.34. The Morgan fingerprint density at radius 2 is 1.00 bits per heavy atom. The first-order chi connectivity index (χ1) is 14.7. The van der Waals surface area contributed by atoms with E-state index in [4.69, 9.17) is 0 Å². The van der Waals surface area contributed by atoms with Gasteiger partial charge >= 0.3 is 0 Å². The van der Waals surface area contributed by atoms with Crippen molar-refractivity contribution in [3.05, 3.63) is 78.9 Å². The lowest BCUT2D eigenvalue weighted by molar-refractivity contribution is 0.676. The molecule has 0 radical (unpaired) electrons. The summed E-state index contributed by atoms with van der Waals surface area (Å²) in [5, 5.41) is 0. The second-order valence-corrected chi connectivity index (χ2v) is 10.4. The monoisotopic (exact) mass is 394 g/mol. The lowest BCUT2D eigenvalue weighted by Crippen LogP contribution is -2.11. The molecule has 0 amide bonds. The molecule has 154 valence electrons. The van der Waals surface area contributed by atoms with Crippen LogP contribution < -0.4 is 0 Å². The summed E-state index contributed by atoms with van der Waals surface area (Å²) in [6.45, 7) is 4.64. The minimum absolute atomic E-state index is 1.19. The zero-order valence-corrected chi connectivity index (χ0v) is 18.8. The van der Waals surface area contributed by atoms with Crippen molar-refractivity contribution in [3.8, 4) is 0 Å². The van der Waals surface area contributed by atoms with Gasteiger partial charge in [-0.2, -0.15) is 0 Å². The smallest absolute Gasteiger partial charge is 0.00577 e. The van der Waals surface area contributed by atoms with E-state index in [1.807, 2.05) is 0 Å². The zero-order chi connectivity index (χ0) is 20.2. The highest BCUT2D eigenvalue weighted by Gasteiger charge is 2.25. The second kappa shape index (κ2) is 7.26. The van der Waals surface area contributed by atoms with E-state index in [1.165, 1.54) is 77.0 Å².